The molecule has 6 nitrogen and oxygen atoms in total. The first-order valence-corrected chi connectivity index (χ1v) is 10.6. The number of benzene rings is 1. The molecule has 7 heteroatoms. The minimum atomic E-state index is 0.160. The molecule has 0 spiro atoms. The lowest BCUT2D eigenvalue weighted by Crippen LogP contribution is -2.26. The Morgan fingerprint density at radius 3 is 2.82 bits per heavy atom. The lowest BCUT2D eigenvalue weighted by Gasteiger charge is -2.32. The molecule has 1 aliphatic rings. The van der Waals surface area contributed by atoms with E-state index in [1.54, 1.807) is 7.11 Å². The Labute approximate surface area is 174 Å². The zero-order valence-corrected chi connectivity index (χ0v) is 18.5. The topological polar surface area (TPSA) is 56.1 Å². The summed E-state index contributed by atoms with van der Waals surface area (Å²) in [6, 6.07) is 6.69. The van der Waals surface area contributed by atoms with Crippen molar-refractivity contribution in [1.82, 2.24) is 20.0 Å². The average molecular weight is 444 g/mol. The number of pyridine rings is 1. The molecule has 0 saturated heterocycles. The highest BCUT2D eigenvalue weighted by Gasteiger charge is 2.26. The van der Waals surface area contributed by atoms with Crippen LogP contribution in [0.4, 0.5) is 11.5 Å². The van der Waals surface area contributed by atoms with E-state index in [9.17, 15) is 0 Å². The van der Waals surface area contributed by atoms with E-state index >= 15 is 0 Å². The lowest BCUT2D eigenvalue weighted by atomic mass is 9.99. The van der Waals surface area contributed by atoms with Crippen LogP contribution in [-0.4, -0.2) is 40.2 Å². The van der Waals surface area contributed by atoms with Crippen molar-refractivity contribution >= 4 is 38.5 Å². The SMILES string of the molecule is CC[C@H](COC)n1nnc2c(N3CCCc4cc(C)cc(Br)c43)nc(C)cc21. The molecule has 0 aliphatic carbocycles. The van der Waals surface area contributed by atoms with Crippen LogP contribution in [0.1, 0.15) is 42.6 Å². The summed E-state index contributed by atoms with van der Waals surface area (Å²) in [5.41, 5.74) is 6.66. The molecule has 2 aromatic heterocycles. The van der Waals surface area contributed by atoms with Crippen LogP contribution in [0.15, 0.2) is 22.7 Å². The summed E-state index contributed by atoms with van der Waals surface area (Å²) in [4.78, 5) is 7.19. The molecule has 4 rings (SSSR count). The van der Waals surface area contributed by atoms with E-state index in [1.807, 2.05) is 11.6 Å². The predicted molar refractivity (Wildman–Crippen MR) is 115 cm³/mol. The van der Waals surface area contributed by atoms with Crippen LogP contribution in [0, 0.1) is 13.8 Å². The van der Waals surface area contributed by atoms with E-state index in [1.165, 1.54) is 16.8 Å². The van der Waals surface area contributed by atoms with E-state index in [0.29, 0.717) is 6.61 Å². The molecular weight excluding hydrogens is 418 g/mol. The highest BCUT2D eigenvalue weighted by atomic mass is 79.9. The van der Waals surface area contributed by atoms with Crippen molar-refractivity contribution in [2.75, 3.05) is 25.2 Å². The number of ether oxygens (including phenoxy) is 1. The van der Waals surface area contributed by atoms with Crippen molar-refractivity contribution < 1.29 is 4.74 Å². The fraction of sp³-hybridized carbons (Fsp3) is 0.476. The maximum atomic E-state index is 5.40. The zero-order valence-electron chi connectivity index (χ0n) is 16.9. The number of aryl methyl sites for hydroxylation is 3. The predicted octanol–water partition coefficient (Wildman–Crippen LogP) is 4.89. The number of halogens is 1. The minimum absolute atomic E-state index is 0.160. The Morgan fingerprint density at radius 2 is 2.07 bits per heavy atom. The monoisotopic (exact) mass is 443 g/mol. The van der Waals surface area contributed by atoms with Gasteiger partial charge in [0.25, 0.3) is 0 Å². The molecule has 0 bridgehead atoms. The first kappa shape index (κ1) is 19.3. The van der Waals surface area contributed by atoms with Gasteiger partial charge in [0.15, 0.2) is 11.3 Å². The summed E-state index contributed by atoms with van der Waals surface area (Å²) in [6.45, 7) is 7.85. The molecule has 0 fully saturated rings. The van der Waals surface area contributed by atoms with Gasteiger partial charge in [0.1, 0.15) is 0 Å². The second kappa shape index (κ2) is 7.79. The van der Waals surface area contributed by atoms with E-state index in [0.717, 1.165) is 52.8 Å². The van der Waals surface area contributed by atoms with E-state index < -0.39 is 0 Å². The molecule has 1 aliphatic heterocycles. The normalized spacial score (nSPS) is 15.1. The number of rotatable bonds is 5. The molecule has 1 aromatic carbocycles. The Kier molecular flexibility index (Phi) is 5.38. The average Bonchev–Trinajstić information content (AvgIpc) is 3.08. The van der Waals surface area contributed by atoms with Gasteiger partial charge in [-0.25, -0.2) is 9.67 Å². The third-order valence-corrected chi connectivity index (χ3v) is 5.99. The van der Waals surface area contributed by atoms with Crippen molar-refractivity contribution in [3.05, 3.63) is 39.5 Å². The summed E-state index contributed by atoms with van der Waals surface area (Å²) in [5.74, 6) is 0.888. The van der Waals surface area contributed by atoms with Gasteiger partial charge in [-0.1, -0.05) is 18.2 Å². The maximum absolute atomic E-state index is 5.40. The number of nitrogens with zero attached hydrogens (tertiary/aromatic N) is 5. The first-order valence-electron chi connectivity index (χ1n) is 9.81. The van der Waals surface area contributed by atoms with Crippen LogP contribution in [-0.2, 0) is 11.2 Å². The quantitative estimate of drug-likeness (QED) is 0.561. The van der Waals surface area contributed by atoms with Crippen LogP contribution < -0.4 is 4.90 Å². The molecule has 1 atom stereocenters. The van der Waals surface area contributed by atoms with Crippen LogP contribution in [0.2, 0.25) is 0 Å². The van der Waals surface area contributed by atoms with Crippen LogP contribution in [0.3, 0.4) is 0 Å². The fourth-order valence-corrected chi connectivity index (χ4v) is 4.94. The molecule has 0 N–H and O–H groups in total. The van der Waals surface area contributed by atoms with Crippen molar-refractivity contribution in [2.24, 2.45) is 0 Å². The van der Waals surface area contributed by atoms with Crippen LogP contribution in [0.5, 0.6) is 0 Å². The van der Waals surface area contributed by atoms with Gasteiger partial charge in [-0.3, -0.25) is 0 Å². The van der Waals surface area contributed by atoms with Gasteiger partial charge in [0.2, 0.25) is 0 Å². The van der Waals surface area contributed by atoms with E-state index in [2.05, 4.69) is 63.2 Å². The Hall–Kier alpha value is -1.99. The Bertz CT molecular complexity index is 1020. The zero-order chi connectivity index (χ0) is 19.8. The third kappa shape index (κ3) is 3.31. The summed E-state index contributed by atoms with van der Waals surface area (Å²) >= 11 is 3.79. The molecule has 3 aromatic rings. The summed E-state index contributed by atoms with van der Waals surface area (Å²) in [6.07, 6.45) is 3.11. The van der Waals surface area contributed by atoms with E-state index in [4.69, 9.17) is 9.72 Å². The van der Waals surface area contributed by atoms with Gasteiger partial charge in [-0.05, 0) is 72.3 Å². The van der Waals surface area contributed by atoms with Gasteiger partial charge in [0, 0.05) is 23.8 Å². The minimum Gasteiger partial charge on any atom is -0.382 e. The smallest absolute Gasteiger partial charge is 0.163 e. The molecule has 0 amide bonds. The standard InChI is InChI=1S/C21H26BrN5O/c1-5-16(12-28-4)27-18-11-14(3)23-21(19(18)24-25-27)26-8-6-7-15-9-13(2)10-17(22)20(15)26/h9-11,16H,5-8,12H2,1-4H3/t16-/m1/s1. The summed E-state index contributed by atoms with van der Waals surface area (Å²) in [7, 11) is 1.73. The number of aromatic nitrogens is 4. The fourth-order valence-electron chi connectivity index (χ4n) is 4.11. The van der Waals surface area contributed by atoms with Gasteiger partial charge in [-0.2, -0.15) is 0 Å². The van der Waals surface area contributed by atoms with Crippen molar-refractivity contribution in [2.45, 2.75) is 46.1 Å². The number of hydrogen-bond donors (Lipinski definition) is 0. The molecule has 3 heterocycles. The first-order chi connectivity index (χ1) is 13.5. The summed E-state index contributed by atoms with van der Waals surface area (Å²) < 4.78 is 8.50. The summed E-state index contributed by atoms with van der Waals surface area (Å²) in [5, 5.41) is 9.03. The van der Waals surface area contributed by atoms with Crippen LogP contribution in [0.25, 0.3) is 11.0 Å². The number of hydrogen-bond acceptors (Lipinski definition) is 5. The molecule has 0 radical (unpaired) electrons. The third-order valence-electron chi connectivity index (χ3n) is 5.39. The Morgan fingerprint density at radius 1 is 1.25 bits per heavy atom. The molecule has 0 saturated carbocycles. The number of fused-ring (bicyclic) bond motifs is 2. The van der Waals surface area contributed by atoms with Crippen LogP contribution >= 0.6 is 15.9 Å². The maximum Gasteiger partial charge on any atom is 0.163 e. The van der Waals surface area contributed by atoms with Crippen molar-refractivity contribution in [3.63, 3.8) is 0 Å². The highest BCUT2D eigenvalue weighted by Crippen LogP contribution is 2.41. The number of methoxy groups -OCH3 is 1. The van der Waals surface area contributed by atoms with Crippen molar-refractivity contribution in [3.8, 4) is 0 Å². The van der Waals surface area contributed by atoms with Gasteiger partial charge in [0.05, 0.1) is 23.9 Å². The van der Waals surface area contributed by atoms with Gasteiger partial charge >= 0.3 is 0 Å². The largest absolute Gasteiger partial charge is 0.382 e. The lowest BCUT2D eigenvalue weighted by molar-refractivity contribution is 0.148. The second-order valence-corrected chi connectivity index (χ2v) is 8.37. The van der Waals surface area contributed by atoms with Gasteiger partial charge < -0.3 is 9.64 Å². The molecular formula is C21H26BrN5O. The van der Waals surface area contributed by atoms with Gasteiger partial charge in [-0.15, -0.1) is 5.10 Å². The molecule has 0 unspecified atom stereocenters. The highest BCUT2D eigenvalue weighted by molar-refractivity contribution is 9.10. The van der Waals surface area contributed by atoms with Crippen molar-refractivity contribution in [1.29, 1.82) is 0 Å². The molecule has 148 valence electrons. The second-order valence-electron chi connectivity index (χ2n) is 7.52. The molecule has 28 heavy (non-hydrogen) atoms. The number of anilines is 2. The van der Waals surface area contributed by atoms with E-state index in [-0.39, 0.29) is 6.04 Å². The Balaban J connectivity index is 1.89.